The number of methoxy groups -OCH3 is 1. The molecule has 1 aliphatic heterocycles. The third-order valence-electron chi connectivity index (χ3n) is 4.99. The van der Waals surface area contributed by atoms with Crippen LogP contribution in [0.15, 0.2) is 58.5 Å². The molecular weight excluding hydrogens is 390 g/mol. The molecule has 7 nitrogen and oxygen atoms in total. The molecule has 1 saturated heterocycles. The van der Waals surface area contributed by atoms with Crippen LogP contribution in [-0.4, -0.2) is 45.0 Å². The van der Waals surface area contributed by atoms with Gasteiger partial charge in [0.05, 0.1) is 18.2 Å². The van der Waals surface area contributed by atoms with Crippen molar-refractivity contribution in [3.05, 3.63) is 59.7 Å². The molecule has 0 saturated carbocycles. The van der Waals surface area contributed by atoms with Gasteiger partial charge in [0.15, 0.2) is 0 Å². The van der Waals surface area contributed by atoms with Crippen molar-refractivity contribution in [3.8, 4) is 5.75 Å². The number of amides is 1. The summed E-state index contributed by atoms with van der Waals surface area (Å²) >= 11 is 0. The largest absolute Gasteiger partial charge is 0.497 e. The SMILES string of the molecule is COc1ccc(/C=N/NC(=O)C2CCN(S(=O)(=O)c3ccc(C)cc3)CC2)cc1. The fraction of sp³-hybridized carbons (Fsp3) is 0.333. The van der Waals surface area contributed by atoms with Crippen molar-refractivity contribution in [2.45, 2.75) is 24.7 Å². The van der Waals surface area contributed by atoms with Gasteiger partial charge in [-0.1, -0.05) is 17.7 Å². The highest BCUT2D eigenvalue weighted by molar-refractivity contribution is 7.89. The van der Waals surface area contributed by atoms with Crippen LogP contribution in [0.2, 0.25) is 0 Å². The van der Waals surface area contributed by atoms with Gasteiger partial charge in [-0.25, -0.2) is 13.8 Å². The van der Waals surface area contributed by atoms with E-state index in [1.807, 2.05) is 31.2 Å². The summed E-state index contributed by atoms with van der Waals surface area (Å²) < 4.78 is 32.0. The normalized spacial score (nSPS) is 16.1. The van der Waals surface area contributed by atoms with Crippen molar-refractivity contribution in [2.24, 2.45) is 11.0 Å². The van der Waals surface area contributed by atoms with Crippen LogP contribution >= 0.6 is 0 Å². The van der Waals surface area contributed by atoms with Crippen molar-refractivity contribution in [1.82, 2.24) is 9.73 Å². The summed E-state index contributed by atoms with van der Waals surface area (Å²) in [6.45, 7) is 2.55. The van der Waals surface area contributed by atoms with E-state index in [0.29, 0.717) is 25.9 Å². The lowest BCUT2D eigenvalue weighted by Crippen LogP contribution is -2.42. The summed E-state index contributed by atoms with van der Waals surface area (Å²) in [6, 6.07) is 14.1. The number of sulfonamides is 1. The predicted molar refractivity (Wildman–Crippen MR) is 111 cm³/mol. The summed E-state index contributed by atoms with van der Waals surface area (Å²) in [4.78, 5) is 12.6. The molecule has 0 radical (unpaired) electrons. The quantitative estimate of drug-likeness (QED) is 0.580. The molecule has 0 bridgehead atoms. The Morgan fingerprint density at radius 3 is 2.31 bits per heavy atom. The molecule has 29 heavy (non-hydrogen) atoms. The first kappa shape index (κ1) is 21.0. The molecule has 1 N–H and O–H groups in total. The van der Waals surface area contributed by atoms with Crippen LogP contribution in [0.25, 0.3) is 0 Å². The van der Waals surface area contributed by atoms with Crippen LogP contribution in [0.5, 0.6) is 5.75 Å². The first-order chi connectivity index (χ1) is 13.9. The number of hydrazone groups is 1. The zero-order valence-electron chi connectivity index (χ0n) is 16.5. The molecule has 2 aromatic rings. The van der Waals surface area contributed by atoms with E-state index < -0.39 is 10.0 Å². The smallest absolute Gasteiger partial charge is 0.243 e. The van der Waals surface area contributed by atoms with E-state index in [1.54, 1.807) is 37.6 Å². The van der Waals surface area contributed by atoms with E-state index in [9.17, 15) is 13.2 Å². The Morgan fingerprint density at radius 2 is 1.72 bits per heavy atom. The van der Waals surface area contributed by atoms with Crippen molar-refractivity contribution < 1.29 is 17.9 Å². The third-order valence-corrected chi connectivity index (χ3v) is 6.90. The number of carbonyl (C=O) groups is 1. The summed E-state index contributed by atoms with van der Waals surface area (Å²) in [6.07, 6.45) is 2.50. The number of hydrogen-bond donors (Lipinski definition) is 1. The number of aryl methyl sites for hydroxylation is 1. The number of nitrogens with zero attached hydrogens (tertiary/aromatic N) is 2. The van der Waals surface area contributed by atoms with Gasteiger partial charge in [0.25, 0.3) is 0 Å². The van der Waals surface area contributed by atoms with E-state index in [0.717, 1.165) is 16.9 Å². The molecule has 3 rings (SSSR count). The first-order valence-electron chi connectivity index (χ1n) is 9.44. The van der Waals surface area contributed by atoms with E-state index in [-0.39, 0.29) is 16.7 Å². The lowest BCUT2D eigenvalue weighted by Gasteiger charge is -2.30. The van der Waals surface area contributed by atoms with E-state index >= 15 is 0 Å². The summed E-state index contributed by atoms with van der Waals surface area (Å²) in [7, 11) is -1.93. The fourth-order valence-corrected chi connectivity index (χ4v) is 4.64. The minimum absolute atomic E-state index is 0.192. The van der Waals surface area contributed by atoms with Crippen LogP contribution < -0.4 is 10.2 Å². The Bertz CT molecular complexity index is 962. The fourth-order valence-electron chi connectivity index (χ4n) is 3.17. The van der Waals surface area contributed by atoms with Gasteiger partial charge in [-0.2, -0.15) is 9.41 Å². The molecule has 0 aliphatic carbocycles. The van der Waals surface area contributed by atoms with Gasteiger partial charge < -0.3 is 4.74 Å². The molecule has 1 heterocycles. The number of benzene rings is 2. The Morgan fingerprint density at radius 1 is 1.10 bits per heavy atom. The molecule has 0 atom stereocenters. The number of carbonyl (C=O) groups excluding carboxylic acids is 1. The average Bonchev–Trinajstić information content (AvgIpc) is 2.74. The number of hydrogen-bond acceptors (Lipinski definition) is 5. The molecule has 1 aliphatic rings. The number of nitrogens with one attached hydrogen (secondary N) is 1. The summed E-state index contributed by atoms with van der Waals surface area (Å²) in [5.74, 6) is 0.299. The van der Waals surface area contributed by atoms with Gasteiger partial charge in [-0.05, 0) is 61.7 Å². The molecule has 8 heteroatoms. The van der Waals surface area contributed by atoms with Crippen LogP contribution in [-0.2, 0) is 14.8 Å². The second kappa shape index (κ2) is 9.19. The second-order valence-corrected chi connectivity index (χ2v) is 8.94. The zero-order chi connectivity index (χ0) is 20.9. The Labute approximate surface area is 171 Å². The van der Waals surface area contributed by atoms with Crippen LogP contribution in [0.1, 0.15) is 24.0 Å². The molecule has 1 amide bonds. The highest BCUT2D eigenvalue weighted by Crippen LogP contribution is 2.24. The third kappa shape index (κ3) is 5.21. The Kier molecular flexibility index (Phi) is 6.66. The molecule has 1 fully saturated rings. The topological polar surface area (TPSA) is 88.1 Å². The van der Waals surface area contributed by atoms with Crippen LogP contribution in [0.3, 0.4) is 0 Å². The van der Waals surface area contributed by atoms with Crippen molar-refractivity contribution >= 4 is 22.1 Å². The Hall–Kier alpha value is -2.71. The number of piperidine rings is 1. The first-order valence-corrected chi connectivity index (χ1v) is 10.9. The van der Waals surface area contributed by atoms with Gasteiger partial charge >= 0.3 is 0 Å². The van der Waals surface area contributed by atoms with Gasteiger partial charge in [-0.15, -0.1) is 0 Å². The molecule has 2 aromatic carbocycles. The van der Waals surface area contributed by atoms with Gasteiger partial charge in [-0.3, -0.25) is 4.79 Å². The maximum atomic E-state index is 12.7. The van der Waals surface area contributed by atoms with E-state index in [1.165, 1.54) is 4.31 Å². The Balaban J connectivity index is 1.52. The molecule has 0 spiro atoms. The van der Waals surface area contributed by atoms with E-state index in [4.69, 9.17) is 4.74 Å². The number of rotatable bonds is 6. The predicted octanol–water partition coefficient (Wildman–Crippen LogP) is 2.55. The maximum absolute atomic E-state index is 12.7. The summed E-state index contributed by atoms with van der Waals surface area (Å²) in [5, 5.41) is 4.00. The van der Waals surface area contributed by atoms with Crippen molar-refractivity contribution in [1.29, 1.82) is 0 Å². The lowest BCUT2D eigenvalue weighted by atomic mass is 9.98. The monoisotopic (exact) mass is 415 g/mol. The van der Waals surface area contributed by atoms with Gasteiger partial charge in [0.2, 0.25) is 15.9 Å². The molecule has 0 unspecified atom stereocenters. The van der Waals surface area contributed by atoms with Crippen LogP contribution in [0.4, 0.5) is 0 Å². The molecular formula is C21H25N3O4S. The second-order valence-electron chi connectivity index (χ2n) is 7.00. The molecule has 154 valence electrons. The zero-order valence-corrected chi connectivity index (χ0v) is 17.4. The average molecular weight is 416 g/mol. The summed E-state index contributed by atoms with van der Waals surface area (Å²) in [5.41, 5.74) is 4.40. The van der Waals surface area contributed by atoms with Gasteiger partial charge in [0.1, 0.15) is 5.75 Å². The maximum Gasteiger partial charge on any atom is 0.243 e. The minimum Gasteiger partial charge on any atom is -0.497 e. The standard InChI is InChI=1S/C21H25N3O4S/c1-16-3-9-20(10-4-16)29(26,27)24-13-11-18(12-14-24)21(25)23-22-15-17-5-7-19(28-2)8-6-17/h3-10,15,18H,11-14H2,1-2H3,(H,23,25)/b22-15+. The number of ether oxygens (including phenoxy) is 1. The van der Waals surface area contributed by atoms with Gasteiger partial charge in [0, 0.05) is 19.0 Å². The minimum atomic E-state index is -3.52. The lowest BCUT2D eigenvalue weighted by molar-refractivity contribution is -0.126. The highest BCUT2D eigenvalue weighted by atomic mass is 32.2. The highest BCUT2D eigenvalue weighted by Gasteiger charge is 2.31. The van der Waals surface area contributed by atoms with E-state index in [2.05, 4.69) is 10.5 Å². The molecule has 0 aromatic heterocycles. The van der Waals surface area contributed by atoms with Crippen molar-refractivity contribution in [3.63, 3.8) is 0 Å². The van der Waals surface area contributed by atoms with Crippen LogP contribution in [0, 0.1) is 12.8 Å². The van der Waals surface area contributed by atoms with Crippen molar-refractivity contribution in [2.75, 3.05) is 20.2 Å².